The number of fused-ring (bicyclic) bond motifs is 16. The van der Waals surface area contributed by atoms with Crippen molar-refractivity contribution < 1.29 is 0 Å². The summed E-state index contributed by atoms with van der Waals surface area (Å²) in [5.74, 6) is 11.9. The van der Waals surface area contributed by atoms with E-state index in [1.165, 1.54) is 44.9 Å². The molecule has 7 rings (SSSR count). The van der Waals surface area contributed by atoms with E-state index in [0.717, 1.165) is 71.0 Å². The Balaban J connectivity index is 1.26. The van der Waals surface area contributed by atoms with Crippen molar-refractivity contribution in [3.05, 3.63) is 12.2 Å². The largest absolute Gasteiger partial charge is 0.198 e. The van der Waals surface area contributed by atoms with Crippen LogP contribution in [0.5, 0.6) is 0 Å². The Hall–Kier alpha value is -0.770. The van der Waals surface area contributed by atoms with Crippen LogP contribution in [0.25, 0.3) is 0 Å². The lowest BCUT2D eigenvalue weighted by Gasteiger charge is -2.49. The van der Waals surface area contributed by atoms with Crippen LogP contribution < -0.4 is 0 Å². The molecule has 0 heterocycles. The second kappa shape index (κ2) is 4.74. The summed E-state index contributed by atoms with van der Waals surface area (Å²) >= 11 is 0. The molecule has 0 saturated heterocycles. The topological polar surface area (TPSA) is 23.8 Å². The van der Waals surface area contributed by atoms with Crippen LogP contribution in [0, 0.1) is 88.3 Å². The van der Waals surface area contributed by atoms with Crippen LogP contribution in [0.1, 0.15) is 51.4 Å². The molecule has 0 aromatic heterocycles. The molecule has 6 bridgehead atoms. The minimum Gasteiger partial charge on any atom is -0.198 e. The van der Waals surface area contributed by atoms with Crippen LogP contribution in [0.3, 0.4) is 0 Å². The van der Waals surface area contributed by atoms with E-state index < -0.39 is 0 Å². The van der Waals surface area contributed by atoms with Crippen molar-refractivity contribution in [2.75, 3.05) is 0 Å². The molecule has 0 amide bonds. The zero-order valence-electron chi connectivity index (χ0n) is 15.3. The molecule has 0 aromatic carbocycles. The van der Waals surface area contributed by atoms with Gasteiger partial charge in [0.2, 0.25) is 0 Å². The molecular formula is C24H31N. The van der Waals surface area contributed by atoms with E-state index in [-0.39, 0.29) is 0 Å². The summed E-state index contributed by atoms with van der Waals surface area (Å²) in [6.07, 6.45) is 16.9. The van der Waals surface area contributed by atoms with E-state index in [9.17, 15) is 5.26 Å². The van der Waals surface area contributed by atoms with Gasteiger partial charge < -0.3 is 0 Å². The third-order valence-electron chi connectivity index (χ3n) is 10.8. The van der Waals surface area contributed by atoms with E-state index in [1.54, 1.807) is 6.42 Å². The summed E-state index contributed by atoms with van der Waals surface area (Å²) in [7, 11) is 0. The molecule has 0 aromatic rings. The van der Waals surface area contributed by atoms with Gasteiger partial charge in [0, 0.05) is 0 Å². The lowest BCUT2D eigenvalue weighted by molar-refractivity contribution is -0.00836. The van der Waals surface area contributed by atoms with Crippen molar-refractivity contribution in [2.24, 2.45) is 76.9 Å². The summed E-state index contributed by atoms with van der Waals surface area (Å²) in [6.45, 7) is 0. The number of rotatable bonds is 1. The standard InChI is InChI=1S/C24H31N/c25-11-19-15-9-16(20(19)12-4-2-1-3-5-12)24-18-10-17(23(15)24)21-13-6-7-14(8-13)22(18)21/h6-7,12-24H,1-5,8-10H2. The Morgan fingerprint density at radius 1 is 0.640 bits per heavy atom. The van der Waals surface area contributed by atoms with Gasteiger partial charge in [-0.2, -0.15) is 5.26 Å². The van der Waals surface area contributed by atoms with Crippen LogP contribution in [0.2, 0.25) is 0 Å². The van der Waals surface area contributed by atoms with E-state index >= 15 is 0 Å². The highest BCUT2D eigenvalue weighted by Crippen LogP contribution is 2.77. The van der Waals surface area contributed by atoms with Crippen LogP contribution in [0.4, 0.5) is 0 Å². The first kappa shape index (κ1) is 14.3. The number of hydrogen-bond acceptors (Lipinski definition) is 1. The molecule has 6 fully saturated rings. The number of nitrogens with zero attached hydrogens (tertiary/aromatic N) is 1. The van der Waals surface area contributed by atoms with Gasteiger partial charge >= 0.3 is 0 Å². The smallest absolute Gasteiger partial charge is 0.0661 e. The first-order chi connectivity index (χ1) is 12.4. The molecule has 132 valence electrons. The lowest BCUT2D eigenvalue weighted by atomic mass is 9.55. The molecule has 12 unspecified atom stereocenters. The van der Waals surface area contributed by atoms with Gasteiger partial charge in [0.05, 0.1) is 12.0 Å². The van der Waals surface area contributed by atoms with Gasteiger partial charge in [0.15, 0.2) is 0 Å². The molecule has 25 heavy (non-hydrogen) atoms. The maximum Gasteiger partial charge on any atom is 0.0661 e. The molecule has 0 radical (unpaired) electrons. The monoisotopic (exact) mass is 333 g/mol. The van der Waals surface area contributed by atoms with Crippen molar-refractivity contribution in [3.8, 4) is 6.07 Å². The highest BCUT2D eigenvalue weighted by Gasteiger charge is 2.73. The van der Waals surface area contributed by atoms with Crippen molar-refractivity contribution in [3.63, 3.8) is 0 Å². The summed E-state index contributed by atoms with van der Waals surface area (Å²) in [5, 5.41) is 10.1. The minimum atomic E-state index is 0.432. The fraction of sp³-hybridized carbons (Fsp3) is 0.875. The third kappa shape index (κ3) is 1.55. The van der Waals surface area contributed by atoms with E-state index in [4.69, 9.17) is 0 Å². The third-order valence-corrected chi connectivity index (χ3v) is 10.8. The summed E-state index contributed by atoms with van der Waals surface area (Å²) in [5.41, 5.74) is 0. The lowest BCUT2D eigenvalue weighted by Crippen LogP contribution is -2.46. The second-order valence-electron chi connectivity index (χ2n) is 11.0. The molecule has 6 saturated carbocycles. The maximum absolute atomic E-state index is 10.1. The molecule has 0 spiro atoms. The Morgan fingerprint density at radius 2 is 1.24 bits per heavy atom. The van der Waals surface area contributed by atoms with Gasteiger partial charge in [-0.05, 0) is 90.3 Å². The number of nitriles is 1. The van der Waals surface area contributed by atoms with Crippen molar-refractivity contribution in [2.45, 2.75) is 51.4 Å². The molecule has 12 atom stereocenters. The molecule has 7 aliphatic carbocycles. The van der Waals surface area contributed by atoms with Crippen LogP contribution in [-0.2, 0) is 0 Å². The van der Waals surface area contributed by atoms with Gasteiger partial charge in [-0.3, -0.25) is 0 Å². The molecule has 1 heteroatoms. The van der Waals surface area contributed by atoms with E-state index in [0.29, 0.717) is 5.92 Å². The Labute approximate surface area is 152 Å². The first-order valence-corrected chi connectivity index (χ1v) is 11.4. The molecule has 0 N–H and O–H groups in total. The van der Waals surface area contributed by atoms with Crippen molar-refractivity contribution >= 4 is 0 Å². The van der Waals surface area contributed by atoms with Crippen molar-refractivity contribution in [1.82, 2.24) is 0 Å². The average molecular weight is 334 g/mol. The highest BCUT2D eigenvalue weighted by atomic mass is 14.8. The first-order valence-electron chi connectivity index (χ1n) is 11.4. The molecule has 0 aliphatic heterocycles. The van der Waals surface area contributed by atoms with Crippen LogP contribution in [-0.4, -0.2) is 0 Å². The van der Waals surface area contributed by atoms with Crippen LogP contribution >= 0.6 is 0 Å². The van der Waals surface area contributed by atoms with Gasteiger partial charge in [-0.25, -0.2) is 0 Å². The Morgan fingerprint density at radius 3 is 1.92 bits per heavy atom. The van der Waals surface area contributed by atoms with Gasteiger partial charge in [0.1, 0.15) is 0 Å². The predicted molar refractivity (Wildman–Crippen MR) is 97.1 cm³/mol. The normalized spacial score (nSPS) is 63.2. The average Bonchev–Trinajstić information content (AvgIpc) is 3.47. The molecular weight excluding hydrogens is 302 g/mol. The van der Waals surface area contributed by atoms with Gasteiger partial charge in [-0.1, -0.05) is 44.3 Å². The fourth-order valence-electron chi connectivity index (χ4n) is 10.7. The van der Waals surface area contributed by atoms with Gasteiger partial charge in [-0.15, -0.1) is 0 Å². The Kier molecular flexibility index (Phi) is 2.71. The summed E-state index contributed by atoms with van der Waals surface area (Å²) < 4.78 is 0. The Bertz CT molecular complexity index is 666. The quantitative estimate of drug-likeness (QED) is 0.472. The maximum atomic E-state index is 10.1. The zero-order chi connectivity index (χ0) is 16.3. The summed E-state index contributed by atoms with van der Waals surface area (Å²) in [6, 6.07) is 2.89. The van der Waals surface area contributed by atoms with Crippen molar-refractivity contribution in [1.29, 1.82) is 5.26 Å². The molecule has 7 aliphatic rings. The van der Waals surface area contributed by atoms with E-state index in [1.807, 2.05) is 0 Å². The zero-order valence-corrected chi connectivity index (χ0v) is 15.3. The SMILES string of the molecule is N#CC1C2CC(C1C1CCCCC1)C1C3CC(C4C5C=CC(C5)C34)C21. The van der Waals surface area contributed by atoms with Crippen LogP contribution in [0.15, 0.2) is 12.2 Å². The fourth-order valence-corrected chi connectivity index (χ4v) is 10.7. The molecule has 1 nitrogen and oxygen atoms in total. The highest BCUT2D eigenvalue weighted by molar-refractivity contribution is 5.27. The number of allylic oxidation sites excluding steroid dienone is 2. The second-order valence-corrected chi connectivity index (χ2v) is 11.0. The summed E-state index contributed by atoms with van der Waals surface area (Å²) in [4.78, 5) is 0. The minimum absolute atomic E-state index is 0.432. The van der Waals surface area contributed by atoms with Gasteiger partial charge in [0.25, 0.3) is 0 Å². The number of hydrogen-bond donors (Lipinski definition) is 0. The van der Waals surface area contributed by atoms with E-state index in [2.05, 4.69) is 18.2 Å². The predicted octanol–water partition coefficient (Wildman–Crippen LogP) is 5.29.